The second-order valence-electron chi connectivity index (χ2n) is 5.46. The third-order valence-electron chi connectivity index (χ3n) is 3.65. The van der Waals surface area contributed by atoms with Crippen molar-refractivity contribution in [2.45, 2.75) is 65.0 Å². The van der Waals surface area contributed by atoms with E-state index in [1.165, 1.54) is 25.7 Å². The Kier molecular flexibility index (Phi) is 4.78. The van der Waals surface area contributed by atoms with Gasteiger partial charge in [-0.25, -0.2) is 0 Å². The fraction of sp³-hybridized carbons (Fsp3) is 0.923. The number of rotatable bonds is 5. The maximum atomic E-state index is 12.0. The zero-order chi connectivity index (χ0) is 12.2. The highest BCUT2D eigenvalue weighted by Gasteiger charge is 2.30. The van der Waals surface area contributed by atoms with Crippen molar-refractivity contribution in [2.24, 2.45) is 5.92 Å². The van der Waals surface area contributed by atoms with Gasteiger partial charge in [0.05, 0.1) is 5.54 Å². The summed E-state index contributed by atoms with van der Waals surface area (Å²) in [6.45, 7) is 8.85. The molecule has 0 aromatic rings. The Hall–Kier alpha value is -0.570. The van der Waals surface area contributed by atoms with Gasteiger partial charge in [0.1, 0.15) is 0 Å². The Labute approximate surface area is 99.4 Å². The molecule has 1 aliphatic carbocycles. The highest BCUT2D eigenvalue weighted by Crippen LogP contribution is 2.27. The average Bonchev–Trinajstić information content (AvgIpc) is 2.70. The van der Waals surface area contributed by atoms with E-state index in [2.05, 4.69) is 17.6 Å². The van der Waals surface area contributed by atoms with Crippen molar-refractivity contribution < 1.29 is 4.79 Å². The molecule has 1 rings (SSSR count). The summed E-state index contributed by atoms with van der Waals surface area (Å²) in [6.07, 6.45) is 5.18. The van der Waals surface area contributed by atoms with Gasteiger partial charge in [0.25, 0.3) is 0 Å². The van der Waals surface area contributed by atoms with E-state index < -0.39 is 5.54 Å². The van der Waals surface area contributed by atoms with Crippen LogP contribution in [0.25, 0.3) is 0 Å². The van der Waals surface area contributed by atoms with Crippen molar-refractivity contribution in [3.63, 3.8) is 0 Å². The van der Waals surface area contributed by atoms with Crippen LogP contribution in [0, 0.1) is 5.92 Å². The largest absolute Gasteiger partial charge is 0.352 e. The molecule has 2 N–H and O–H groups in total. The molecule has 1 aliphatic rings. The van der Waals surface area contributed by atoms with Crippen molar-refractivity contribution in [1.82, 2.24) is 10.6 Å². The van der Waals surface area contributed by atoms with E-state index in [0.29, 0.717) is 12.0 Å². The molecule has 0 saturated heterocycles. The molecule has 0 aromatic heterocycles. The summed E-state index contributed by atoms with van der Waals surface area (Å²) in [7, 11) is 0. The average molecular weight is 226 g/mol. The van der Waals surface area contributed by atoms with Crippen LogP contribution >= 0.6 is 0 Å². The standard InChI is InChI=1S/C13H26N2O/c1-5-14-13(3,4)12(16)15-10(2)11-8-6-7-9-11/h10-11,14H,5-9H2,1-4H3,(H,15,16)/t10-/m1/s1. The van der Waals surface area contributed by atoms with Crippen LogP contribution in [-0.2, 0) is 4.79 Å². The molecule has 3 heteroatoms. The minimum absolute atomic E-state index is 0.119. The molecule has 16 heavy (non-hydrogen) atoms. The Morgan fingerprint density at radius 1 is 1.38 bits per heavy atom. The molecule has 0 spiro atoms. The second kappa shape index (κ2) is 5.67. The Balaban J connectivity index is 2.43. The summed E-state index contributed by atoms with van der Waals surface area (Å²) in [5.41, 5.74) is -0.457. The number of likely N-dealkylation sites (N-methyl/N-ethyl adjacent to an activating group) is 1. The summed E-state index contributed by atoms with van der Waals surface area (Å²) in [4.78, 5) is 12.0. The number of amides is 1. The highest BCUT2D eigenvalue weighted by atomic mass is 16.2. The van der Waals surface area contributed by atoms with Crippen LogP contribution in [0.2, 0.25) is 0 Å². The maximum Gasteiger partial charge on any atom is 0.239 e. The smallest absolute Gasteiger partial charge is 0.239 e. The molecule has 0 unspecified atom stereocenters. The third kappa shape index (κ3) is 3.48. The fourth-order valence-electron chi connectivity index (χ4n) is 2.48. The van der Waals surface area contributed by atoms with Gasteiger partial charge in [0.2, 0.25) is 5.91 Å². The lowest BCUT2D eigenvalue weighted by atomic mass is 9.97. The molecule has 94 valence electrons. The first-order valence-corrected chi connectivity index (χ1v) is 6.53. The fourth-order valence-corrected chi connectivity index (χ4v) is 2.48. The van der Waals surface area contributed by atoms with Crippen LogP contribution in [-0.4, -0.2) is 24.0 Å². The predicted molar refractivity (Wildman–Crippen MR) is 67.3 cm³/mol. The first kappa shape index (κ1) is 13.5. The predicted octanol–water partition coefficient (Wildman–Crippen LogP) is 2.07. The molecule has 3 nitrogen and oxygen atoms in total. The molecule has 0 aromatic carbocycles. The number of hydrogen-bond acceptors (Lipinski definition) is 2. The molecule has 0 aliphatic heterocycles. The van der Waals surface area contributed by atoms with Crippen LogP contribution in [0.3, 0.4) is 0 Å². The minimum Gasteiger partial charge on any atom is -0.352 e. The number of carbonyl (C=O) groups excluding carboxylic acids is 1. The summed E-state index contributed by atoms with van der Waals surface area (Å²) in [5.74, 6) is 0.801. The Morgan fingerprint density at radius 2 is 1.94 bits per heavy atom. The van der Waals surface area contributed by atoms with Gasteiger partial charge in [-0.3, -0.25) is 4.79 Å². The summed E-state index contributed by atoms with van der Waals surface area (Å²) in [6, 6.07) is 0.313. The van der Waals surface area contributed by atoms with Crippen LogP contribution in [0.5, 0.6) is 0 Å². The summed E-state index contributed by atoms with van der Waals surface area (Å²) >= 11 is 0. The van der Waals surface area contributed by atoms with Gasteiger partial charge in [0, 0.05) is 6.04 Å². The first-order valence-electron chi connectivity index (χ1n) is 6.53. The lowest BCUT2D eigenvalue weighted by molar-refractivity contribution is -0.127. The van der Waals surface area contributed by atoms with E-state index in [1.54, 1.807) is 0 Å². The van der Waals surface area contributed by atoms with E-state index in [-0.39, 0.29) is 5.91 Å². The molecule has 1 fully saturated rings. The maximum absolute atomic E-state index is 12.0. The molecular formula is C13H26N2O. The van der Waals surface area contributed by atoms with Gasteiger partial charge in [-0.15, -0.1) is 0 Å². The van der Waals surface area contributed by atoms with E-state index in [9.17, 15) is 4.79 Å². The minimum atomic E-state index is -0.457. The Morgan fingerprint density at radius 3 is 2.44 bits per heavy atom. The van der Waals surface area contributed by atoms with Crippen molar-refractivity contribution >= 4 is 5.91 Å². The van der Waals surface area contributed by atoms with Crippen LogP contribution in [0.4, 0.5) is 0 Å². The SMILES string of the molecule is CCNC(C)(C)C(=O)N[C@H](C)C1CCCC1. The van der Waals surface area contributed by atoms with E-state index in [0.717, 1.165) is 6.54 Å². The first-order chi connectivity index (χ1) is 7.47. The Bertz CT molecular complexity index is 232. The van der Waals surface area contributed by atoms with Gasteiger partial charge >= 0.3 is 0 Å². The van der Waals surface area contributed by atoms with Crippen LogP contribution < -0.4 is 10.6 Å². The number of hydrogen-bond donors (Lipinski definition) is 2. The van der Waals surface area contributed by atoms with Crippen molar-refractivity contribution in [3.8, 4) is 0 Å². The van der Waals surface area contributed by atoms with E-state index in [4.69, 9.17) is 0 Å². The normalized spacial score (nSPS) is 19.8. The molecule has 0 heterocycles. The summed E-state index contributed by atoms with van der Waals surface area (Å²) < 4.78 is 0. The number of carbonyl (C=O) groups is 1. The second-order valence-corrected chi connectivity index (χ2v) is 5.46. The van der Waals surface area contributed by atoms with Gasteiger partial charge < -0.3 is 10.6 Å². The van der Waals surface area contributed by atoms with Gasteiger partial charge in [0.15, 0.2) is 0 Å². The van der Waals surface area contributed by atoms with Crippen LogP contribution in [0.1, 0.15) is 53.4 Å². The monoisotopic (exact) mass is 226 g/mol. The topological polar surface area (TPSA) is 41.1 Å². The van der Waals surface area contributed by atoms with Gasteiger partial charge in [-0.2, -0.15) is 0 Å². The quantitative estimate of drug-likeness (QED) is 0.753. The zero-order valence-corrected chi connectivity index (χ0v) is 11.1. The highest BCUT2D eigenvalue weighted by molar-refractivity contribution is 5.85. The lowest BCUT2D eigenvalue weighted by Gasteiger charge is -2.28. The lowest BCUT2D eigenvalue weighted by Crippen LogP contribution is -2.55. The van der Waals surface area contributed by atoms with Gasteiger partial charge in [-0.05, 0) is 46.1 Å². The summed E-state index contributed by atoms with van der Waals surface area (Å²) in [5, 5.41) is 6.35. The van der Waals surface area contributed by atoms with Crippen molar-refractivity contribution in [1.29, 1.82) is 0 Å². The third-order valence-corrected chi connectivity index (χ3v) is 3.65. The van der Waals surface area contributed by atoms with E-state index >= 15 is 0 Å². The number of nitrogens with one attached hydrogen (secondary N) is 2. The molecule has 1 amide bonds. The molecule has 1 saturated carbocycles. The van der Waals surface area contributed by atoms with Crippen molar-refractivity contribution in [3.05, 3.63) is 0 Å². The molecule has 1 atom stereocenters. The van der Waals surface area contributed by atoms with E-state index in [1.807, 2.05) is 20.8 Å². The molecule has 0 bridgehead atoms. The van der Waals surface area contributed by atoms with Crippen molar-refractivity contribution in [2.75, 3.05) is 6.54 Å². The van der Waals surface area contributed by atoms with Gasteiger partial charge in [-0.1, -0.05) is 19.8 Å². The van der Waals surface area contributed by atoms with Crippen LogP contribution in [0.15, 0.2) is 0 Å². The molecule has 0 radical (unpaired) electrons. The molecular weight excluding hydrogens is 200 g/mol. The zero-order valence-electron chi connectivity index (χ0n) is 11.1.